The first-order chi connectivity index (χ1) is 13.7. The monoisotopic (exact) mass is 379 g/mol. The number of carbonyl (C=O) groups is 2. The number of benzene rings is 1. The number of amides is 1. The van der Waals surface area contributed by atoms with Crippen molar-refractivity contribution in [3.8, 4) is 11.5 Å². The van der Waals surface area contributed by atoms with E-state index in [2.05, 4.69) is 15.5 Å². The Bertz CT molecular complexity index is 969. The van der Waals surface area contributed by atoms with Gasteiger partial charge in [0, 0.05) is 12.4 Å². The van der Waals surface area contributed by atoms with E-state index >= 15 is 0 Å². The molecule has 0 aliphatic heterocycles. The highest BCUT2D eigenvalue weighted by Crippen LogP contribution is 2.29. The Morgan fingerprint density at radius 1 is 1.21 bits per heavy atom. The number of nitrogens with one attached hydrogen (secondary N) is 1. The van der Waals surface area contributed by atoms with Gasteiger partial charge in [-0.15, -0.1) is 0 Å². The SMILES string of the molecule is CCOc1cc(/C=N/NC(=O)c2cccnc2)ccc1OC(=O)c1ccco1. The minimum atomic E-state index is -0.629. The van der Waals surface area contributed by atoms with Crippen LogP contribution in [0.3, 0.4) is 0 Å². The molecular formula is C20H17N3O5. The maximum Gasteiger partial charge on any atom is 0.379 e. The Labute approximate surface area is 160 Å². The highest BCUT2D eigenvalue weighted by Gasteiger charge is 2.15. The number of hydrogen-bond acceptors (Lipinski definition) is 7. The normalized spacial score (nSPS) is 10.6. The number of nitrogens with zero attached hydrogens (tertiary/aromatic N) is 2. The second-order valence-electron chi connectivity index (χ2n) is 5.45. The summed E-state index contributed by atoms with van der Waals surface area (Å²) in [5.41, 5.74) is 3.46. The van der Waals surface area contributed by atoms with Crippen LogP contribution in [0.15, 0.2) is 70.6 Å². The van der Waals surface area contributed by atoms with E-state index in [4.69, 9.17) is 13.9 Å². The van der Waals surface area contributed by atoms with E-state index in [-0.39, 0.29) is 17.4 Å². The fraction of sp³-hybridized carbons (Fsp3) is 0.100. The van der Waals surface area contributed by atoms with E-state index in [0.29, 0.717) is 23.5 Å². The van der Waals surface area contributed by atoms with Gasteiger partial charge in [-0.05, 0) is 55.0 Å². The third-order valence-corrected chi connectivity index (χ3v) is 3.50. The Morgan fingerprint density at radius 2 is 2.11 bits per heavy atom. The van der Waals surface area contributed by atoms with Gasteiger partial charge in [0.1, 0.15) is 0 Å². The summed E-state index contributed by atoms with van der Waals surface area (Å²) in [6.45, 7) is 2.19. The Morgan fingerprint density at radius 3 is 2.82 bits per heavy atom. The topological polar surface area (TPSA) is 103 Å². The second kappa shape index (κ2) is 9.13. The Kier molecular flexibility index (Phi) is 6.14. The summed E-state index contributed by atoms with van der Waals surface area (Å²) in [7, 11) is 0. The first-order valence-corrected chi connectivity index (χ1v) is 8.43. The maximum atomic E-state index is 12.0. The molecular weight excluding hydrogens is 362 g/mol. The molecule has 0 saturated heterocycles. The molecule has 0 fully saturated rings. The number of ether oxygens (including phenoxy) is 2. The molecule has 3 aromatic rings. The molecule has 28 heavy (non-hydrogen) atoms. The average Bonchev–Trinajstić information content (AvgIpc) is 3.25. The van der Waals surface area contributed by atoms with Crippen LogP contribution in [-0.2, 0) is 0 Å². The van der Waals surface area contributed by atoms with Crippen LogP contribution < -0.4 is 14.9 Å². The molecule has 0 atom stereocenters. The molecule has 2 heterocycles. The molecule has 0 saturated carbocycles. The number of carbonyl (C=O) groups excluding carboxylic acids is 2. The summed E-state index contributed by atoms with van der Waals surface area (Å²) < 4.78 is 15.9. The van der Waals surface area contributed by atoms with Gasteiger partial charge in [0.15, 0.2) is 11.5 Å². The van der Waals surface area contributed by atoms with Crippen LogP contribution in [0.5, 0.6) is 11.5 Å². The largest absolute Gasteiger partial charge is 0.490 e. The fourth-order valence-electron chi connectivity index (χ4n) is 2.23. The van der Waals surface area contributed by atoms with Crippen molar-refractivity contribution in [3.05, 3.63) is 78.0 Å². The fourth-order valence-corrected chi connectivity index (χ4v) is 2.23. The van der Waals surface area contributed by atoms with Gasteiger partial charge in [0.25, 0.3) is 5.91 Å². The van der Waals surface area contributed by atoms with E-state index in [1.807, 2.05) is 6.92 Å². The third kappa shape index (κ3) is 4.82. The molecule has 1 aromatic carbocycles. The number of hydrazone groups is 1. The van der Waals surface area contributed by atoms with Crippen molar-refractivity contribution in [3.63, 3.8) is 0 Å². The summed E-state index contributed by atoms with van der Waals surface area (Å²) in [6, 6.07) is 11.3. The summed E-state index contributed by atoms with van der Waals surface area (Å²) in [5, 5.41) is 3.92. The molecule has 2 aromatic heterocycles. The smallest absolute Gasteiger partial charge is 0.379 e. The molecule has 1 N–H and O–H groups in total. The van der Waals surface area contributed by atoms with E-state index in [1.54, 1.807) is 42.6 Å². The molecule has 8 nitrogen and oxygen atoms in total. The van der Waals surface area contributed by atoms with Crippen molar-refractivity contribution in [2.45, 2.75) is 6.92 Å². The average molecular weight is 379 g/mol. The number of aromatic nitrogens is 1. The summed E-state index contributed by atoms with van der Waals surface area (Å²) >= 11 is 0. The standard InChI is InChI=1S/C20H17N3O5/c1-2-26-18-11-14(12-22-23-19(24)15-5-3-9-21-13-15)7-8-16(18)28-20(25)17-6-4-10-27-17/h3-13H,2H2,1H3,(H,23,24)/b22-12+. The van der Waals surface area contributed by atoms with Crippen LogP contribution in [0.2, 0.25) is 0 Å². The lowest BCUT2D eigenvalue weighted by atomic mass is 10.2. The number of hydrogen-bond donors (Lipinski definition) is 1. The Balaban J connectivity index is 1.69. The molecule has 1 amide bonds. The molecule has 3 rings (SSSR count). The molecule has 0 bridgehead atoms. The number of furan rings is 1. The second-order valence-corrected chi connectivity index (χ2v) is 5.45. The van der Waals surface area contributed by atoms with Crippen LogP contribution in [0.1, 0.15) is 33.4 Å². The first kappa shape index (κ1) is 18.8. The van der Waals surface area contributed by atoms with Gasteiger partial charge in [0.05, 0.1) is 24.6 Å². The molecule has 0 unspecified atom stereocenters. The lowest BCUT2D eigenvalue weighted by molar-refractivity contribution is 0.0695. The van der Waals surface area contributed by atoms with Gasteiger partial charge in [0.2, 0.25) is 5.76 Å². The molecule has 0 radical (unpaired) electrons. The summed E-state index contributed by atoms with van der Waals surface area (Å²) in [5.74, 6) is -0.301. The van der Waals surface area contributed by atoms with Crippen LogP contribution >= 0.6 is 0 Å². The first-order valence-electron chi connectivity index (χ1n) is 8.43. The lowest BCUT2D eigenvalue weighted by Crippen LogP contribution is -2.17. The Hall–Kier alpha value is -3.94. The van der Waals surface area contributed by atoms with Crippen molar-refractivity contribution in [2.24, 2.45) is 5.10 Å². The highest BCUT2D eigenvalue weighted by atomic mass is 16.6. The van der Waals surface area contributed by atoms with Gasteiger partial charge in [-0.25, -0.2) is 10.2 Å². The molecule has 142 valence electrons. The lowest BCUT2D eigenvalue weighted by Gasteiger charge is -2.10. The minimum Gasteiger partial charge on any atom is -0.490 e. The quantitative estimate of drug-likeness (QED) is 0.293. The van der Waals surface area contributed by atoms with Gasteiger partial charge < -0.3 is 13.9 Å². The van der Waals surface area contributed by atoms with E-state index < -0.39 is 5.97 Å². The maximum absolute atomic E-state index is 12.0. The minimum absolute atomic E-state index is 0.0891. The predicted molar refractivity (Wildman–Crippen MR) is 101 cm³/mol. The molecule has 0 spiro atoms. The zero-order valence-electron chi connectivity index (χ0n) is 15.0. The van der Waals surface area contributed by atoms with Crippen LogP contribution in [-0.4, -0.2) is 29.7 Å². The summed E-state index contributed by atoms with van der Waals surface area (Å²) in [6.07, 6.45) is 5.87. The molecule has 0 aliphatic rings. The van der Waals surface area contributed by atoms with Crippen molar-refractivity contribution >= 4 is 18.1 Å². The molecule has 8 heteroatoms. The van der Waals surface area contributed by atoms with Crippen LogP contribution in [0.4, 0.5) is 0 Å². The van der Waals surface area contributed by atoms with E-state index in [0.717, 1.165) is 0 Å². The van der Waals surface area contributed by atoms with E-state index in [1.165, 1.54) is 24.7 Å². The van der Waals surface area contributed by atoms with Gasteiger partial charge >= 0.3 is 5.97 Å². The van der Waals surface area contributed by atoms with Gasteiger partial charge in [-0.1, -0.05) is 0 Å². The number of esters is 1. The molecule has 0 aliphatic carbocycles. The highest BCUT2D eigenvalue weighted by molar-refractivity contribution is 5.94. The van der Waals surface area contributed by atoms with E-state index in [9.17, 15) is 9.59 Å². The zero-order chi connectivity index (χ0) is 19.8. The zero-order valence-corrected chi connectivity index (χ0v) is 15.0. The van der Waals surface area contributed by atoms with Crippen molar-refractivity contribution < 1.29 is 23.5 Å². The summed E-state index contributed by atoms with van der Waals surface area (Å²) in [4.78, 5) is 27.9. The van der Waals surface area contributed by atoms with Crippen molar-refractivity contribution in [2.75, 3.05) is 6.61 Å². The van der Waals surface area contributed by atoms with Gasteiger partial charge in [-0.3, -0.25) is 9.78 Å². The number of rotatable bonds is 7. The van der Waals surface area contributed by atoms with Gasteiger partial charge in [-0.2, -0.15) is 5.10 Å². The van der Waals surface area contributed by atoms with Crippen LogP contribution in [0, 0.1) is 0 Å². The predicted octanol–water partition coefficient (Wildman–Crippen LogP) is 3.06. The van der Waals surface area contributed by atoms with Crippen molar-refractivity contribution in [1.82, 2.24) is 10.4 Å². The van der Waals surface area contributed by atoms with Crippen LogP contribution in [0.25, 0.3) is 0 Å². The third-order valence-electron chi connectivity index (χ3n) is 3.50. The van der Waals surface area contributed by atoms with Crippen molar-refractivity contribution in [1.29, 1.82) is 0 Å². The number of pyridine rings is 1.